The number of morpholine rings is 1. The molecule has 1 saturated heterocycles. The van der Waals surface area contributed by atoms with Crippen LogP contribution in [0.2, 0.25) is 0 Å². The van der Waals surface area contributed by atoms with Crippen molar-refractivity contribution in [3.8, 4) is 0 Å². The first-order valence-corrected chi connectivity index (χ1v) is 9.07. The van der Waals surface area contributed by atoms with Gasteiger partial charge in [0, 0.05) is 17.8 Å². The number of rotatable bonds is 5. The highest BCUT2D eigenvalue weighted by Gasteiger charge is 2.25. The summed E-state index contributed by atoms with van der Waals surface area (Å²) in [6.07, 6.45) is 0.541. The zero-order chi connectivity index (χ0) is 16.2. The first-order chi connectivity index (χ1) is 10.4. The summed E-state index contributed by atoms with van der Waals surface area (Å²) in [7, 11) is -3.36. The van der Waals surface area contributed by atoms with Gasteiger partial charge in [-0.25, -0.2) is 8.42 Å². The maximum absolute atomic E-state index is 12.5. The van der Waals surface area contributed by atoms with E-state index >= 15 is 0 Å². The maximum atomic E-state index is 12.5. The summed E-state index contributed by atoms with van der Waals surface area (Å²) in [4.78, 5) is 14.3. The number of amides is 1. The molecule has 1 atom stereocenters. The minimum absolute atomic E-state index is 0.0155. The molecule has 1 heterocycles. The molecule has 0 saturated carbocycles. The number of nitrogens with one attached hydrogen (secondary N) is 1. The van der Waals surface area contributed by atoms with Gasteiger partial charge in [0.1, 0.15) is 0 Å². The van der Waals surface area contributed by atoms with Crippen LogP contribution < -0.4 is 4.72 Å². The number of nitrogens with zero attached hydrogens (tertiary/aromatic N) is 1. The van der Waals surface area contributed by atoms with Crippen LogP contribution in [0.15, 0.2) is 24.3 Å². The van der Waals surface area contributed by atoms with Gasteiger partial charge < -0.3 is 9.64 Å². The summed E-state index contributed by atoms with van der Waals surface area (Å²) in [5.74, 6) is -0.0431. The van der Waals surface area contributed by atoms with E-state index in [0.717, 1.165) is 0 Å². The summed E-state index contributed by atoms with van der Waals surface area (Å²) in [6.45, 7) is 5.34. The highest BCUT2D eigenvalue weighted by Crippen LogP contribution is 2.17. The monoisotopic (exact) mass is 326 g/mol. The molecule has 1 aromatic rings. The van der Waals surface area contributed by atoms with E-state index in [1.165, 1.54) is 0 Å². The van der Waals surface area contributed by atoms with E-state index in [1.807, 2.05) is 6.92 Å². The molecule has 0 bridgehead atoms. The summed E-state index contributed by atoms with van der Waals surface area (Å²) in [5, 5.41) is 0. The lowest BCUT2D eigenvalue weighted by atomic mass is 10.1. The van der Waals surface area contributed by atoms with Crippen LogP contribution in [0.3, 0.4) is 0 Å². The molecule has 0 radical (unpaired) electrons. The number of ether oxygens (including phenoxy) is 1. The van der Waals surface area contributed by atoms with Gasteiger partial charge in [-0.15, -0.1) is 0 Å². The molecule has 6 nitrogen and oxygen atoms in total. The van der Waals surface area contributed by atoms with Crippen molar-refractivity contribution in [1.82, 2.24) is 4.90 Å². The third kappa shape index (κ3) is 4.20. The number of anilines is 1. The van der Waals surface area contributed by atoms with Crippen molar-refractivity contribution < 1.29 is 17.9 Å². The van der Waals surface area contributed by atoms with Crippen LogP contribution in [0.4, 0.5) is 5.69 Å². The number of carbonyl (C=O) groups is 1. The highest BCUT2D eigenvalue weighted by atomic mass is 32.2. The Morgan fingerprint density at radius 1 is 1.45 bits per heavy atom. The van der Waals surface area contributed by atoms with Gasteiger partial charge in [0.25, 0.3) is 5.91 Å². The molecule has 2 rings (SSSR count). The molecular weight excluding hydrogens is 304 g/mol. The Hall–Kier alpha value is -1.60. The number of hydrogen-bond donors (Lipinski definition) is 1. The molecular formula is C15H22N2O4S. The number of sulfonamides is 1. The van der Waals surface area contributed by atoms with E-state index in [4.69, 9.17) is 4.74 Å². The summed E-state index contributed by atoms with van der Waals surface area (Å²) < 4.78 is 31.5. The molecule has 122 valence electrons. The minimum atomic E-state index is -3.36. The highest BCUT2D eigenvalue weighted by molar-refractivity contribution is 7.92. The first-order valence-electron chi connectivity index (χ1n) is 7.42. The van der Waals surface area contributed by atoms with Crippen molar-refractivity contribution in [2.75, 3.05) is 30.2 Å². The topological polar surface area (TPSA) is 75.7 Å². The van der Waals surface area contributed by atoms with Crippen molar-refractivity contribution in [1.29, 1.82) is 0 Å². The van der Waals surface area contributed by atoms with E-state index in [0.29, 0.717) is 37.4 Å². The Morgan fingerprint density at radius 2 is 2.23 bits per heavy atom. The number of hydrogen-bond acceptors (Lipinski definition) is 4. The SMILES string of the molecule is CCCS(=O)(=O)Nc1cccc(C(=O)N2CCOCC2C)c1. The first kappa shape index (κ1) is 16.8. The van der Waals surface area contributed by atoms with Gasteiger partial charge in [-0.3, -0.25) is 9.52 Å². The van der Waals surface area contributed by atoms with Crippen LogP contribution in [0, 0.1) is 0 Å². The van der Waals surface area contributed by atoms with E-state index < -0.39 is 10.0 Å². The molecule has 0 spiro atoms. The van der Waals surface area contributed by atoms with Crippen molar-refractivity contribution in [2.45, 2.75) is 26.3 Å². The molecule has 1 fully saturated rings. The fourth-order valence-corrected chi connectivity index (χ4v) is 3.54. The molecule has 1 aliphatic rings. The Kier molecular flexibility index (Phi) is 5.42. The van der Waals surface area contributed by atoms with Gasteiger partial charge in [0.15, 0.2) is 0 Å². The summed E-state index contributed by atoms with van der Waals surface area (Å²) in [6, 6.07) is 6.62. The van der Waals surface area contributed by atoms with Gasteiger partial charge in [-0.2, -0.15) is 0 Å². The fourth-order valence-electron chi connectivity index (χ4n) is 2.41. The molecule has 1 amide bonds. The Labute approximate surface area is 131 Å². The quantitative estimate of drug-likeness (QED) is 0.893. The largest absolute Gasteiger partial charge is 0.377 e. The second kappa shape index (κ2) is 7.11. The van der Waals surface area contributed by atoms with Crippen LogP contribution in [0.5, 0.6) is 0 Å². The number of carbonyl (C=O) groups excluding carboxylic acids is 1. The van der Waals surface area contributed by atoms with Gasteiger partial charge in [0.05, 0.1) is 25.0 Å². The zero-order valence-corrected chi connectivity index (χ0v) is 13.7. The van der Waals surface area contributed by atoms with E-state index in [-0.39, 0.29) is 17.7 Å². The molecule has 1 unspecified atom stereocenters. The average molecular weight is 326 g/mol. The lowest BCUT2D eigenvalue weighted by Crippen LogP contribution is -2.47. The van der Waals surface area contributed by atoms with E-state index in [9.17, 15) is 13.2 Å². The van der Waals surface area contributed by atoms with Crippen LogP contribution in [0.25, 0.3) is 0 Å². The minimum Gasteiger partial charge on any atom is -0.377 e. The maximum Gasteiger partial charge on any atom is 0.254 e. The van der Waals surface area contributed by atoms with Crippen LogP contribution in [0.1, 0.15) is 30.6 Å². The van der Waals surface area contributed by atoms with Crippen molar-refractivity contribution in [2.24, 2.45) is 0 Å². The van der Waals surface area contributed by atoms with Gasteiger partial charge >= 0.3 is 0 Å². The molecule has 1 N–H and O–H groups in total. The molecule has 22 heavy (non-hydrogen) atoms. The summed E-state index contributed by atoms with van der Waals surface area (Å²) in [5.41, 5.74) is 0.894. The lowest BCUT2D eigenvalue weighted by molar-refractivity contribution is 0.00360. The van der Waals surface area contributed by atoms with Crippen LogP contribution >= 0.6 is 0 Å². The Morgan fingerprint density at radius 3 is 2.91 bits per heavy atom. The summed E-state index contributed by atoms with van der Waals surface area (Å²) >= 11 is 0. The fraction of sp³-hybridized carbons (Fsp3) is 0.533. The third-order valence-corrected chi connectivity index (χ3v) is 4.98. The second-order valence-electron chi connectivity index (χ2n) is 5.42. The van der Waals surface area contributed by atoms with E-state index in [2.05, 4.69) is 4.72 Å². The number of benzene rings is 1. The third-order valence-electron chi connectivity index (χ3n) is 3.48. The predicted molar refractivity (Wildman–Crippen MR) is 85.5 cm³/mol. The molecule has 0 aromatic heterocycles. The Balaban J connectivity index is 2.15. The van der Waals surface area contributed by atoms with Crippen LogP contribution in [-0.4, -0.2) is 50.8 Å². The van der Waals surface area contributed by atoms with Crippen molar-refractivity contribution >= 4 is 21.6 Å². The lowest BCUT2D eigenvalue weighted by Gasteiger charge is -2.33. The van der Waals surface area contributed by atoms with Gasteiger partial charge in [-0.1, -0.05) is 13.0 Å². The molecule has 7 heteroatoms. The standard InChI is InChI=1S/C15H22N2O4S/c1-3-9-22(19,20)16-14-6-4-5-13(10-14)15(18)17-7-8-21-11-12(17)2/h4-6,10,12,16H,3,7-9,11H2,1-2H3. The van der Waals surface area contributed by atoms with Gasteiger partial charge in [0.2, 0.25) is 10.0 Å². The van der Waals surface area contributed by atoms with Crippen molar-refractivity contribution in [3.05, 3.63) is 29.8 Å². The van der Waals surface area contributed by atoms with Gasteiger partial charge in [-0.05, 0) is 31.5 Å². The zero-order valence-electron chi connectivity index (χ0n) is 12.9. The molecule has 1 aromatic carbocycles. The smallest absolute Gasteiger partial charge is 0.254 e. The van der Waals surface area contributed by atoms with E-state index in [1.54, 1.807) is 36.1 Å². The Bertz CT molecular complexity index is 630. The molecule has 0 aliphatic carbocycles. The second-order valence-corrected chi connectivity index (χ2v) is 7.27. The predicted octanol–water partition coefficient (Wildman–Crippen LogP) is 1.70. The van der Waals surface area contributed by atoms with Crippen LogP contribution in [-0.2, 0) is 14.8 Å². The normalized spacial score (nSPS) is 19.0. The van der Waals surface area contributed by atoms with Crippen molar-refractivity contribution in [3.63, 3.8) is 0 Å². The molecule has 1 aliphatic heterocycles. The average Bonchev–Trinajstić information content (AvgIpc) is 2.46.